The van der Waals surface area contributed by atoms with E-state index in [1.54, 1.807) is 0 Å². The van der Waals surface area contributed by atoms with Crippen molar-refractivity contribution in [3.63, 3.8) is 0 Å². The van der Waals surface area contributed by atoms with Crippen LogP contribution in [-0.4, -0.2) is 32.0 Å². The van der Waals surface area contributed by atoms with Crippen molar-refractivity contribution in [2.75, 3.05) is 5.32 Å². The van der Waals surface area contributed by atoms with Crippen molar-refractivity contribution in [2.45, 2.75) is 13.1 Å². The maximum absolute atomic E-state index is 13.2. The summed E-state index contributed by atoms with van der Waals surface area (Å²) in [5.74, 6) is -2.48. The number of hydrogen-bond acceptors (Lipinski definition) is 5. The van der Waals surface area contributed by atoms with Crippen LogP contribution in [0.1, 0.15) is 16.1 Å². The number of rotatable bonds is 5. The summed E-state index contributed by atoms with van der Waals surface area (Å²) in [5.41, 5.74) is 5.56. The quantitative estimate of drug-likeness (QED) is 0.724. The number of hydrogen-bond donors (Lipinski definition) is 3. The molecule has 1 aromatic carbocycles. The van der Waals surface area contributed by atoms with E-state index in [1.165, 1.54) is 10.9 Å². The molecule has 4 N–H and O–H groups in total. The SMILES string of the molecule is NCc1cn(CC(=O)Nc2cc(F)ccc2C(=O)O)nn1. The van der Waals surface area contributed by atoms with E-state index in [2.05, 4.69) is 15.6 Å². The van der Waals surface area contributed by atoms with Crippen LogP contribution in [0.15, 0.2) is 24.4 Å². The number of anilines is 1. The highest BCUT2D eigenvalue weighted by atomic mass is 19.1. The molecule has 21 heavy (non-hydrogen) atoms. The number of carboxylic acids is 1. The van der Waals surface area contributed by atoms with Crippen molar-refractivity contribution in [1.82, 2.24) is 15.0 Å². The zero-order valence-corrected chi connectivity index (χ0v) is 10.8. The van der Waals surface area contributed by atoms with Crippen LogP contribution >= 0.6 is 0 Å². The van der Waals surface area contributed by atoms with E-state index < -0.39 is 17.7 Å². The number of aromatic carboxylic acids is 1. The average molecular weight is 293 g/mol. The van der Waals surface area contributed by atoms with Gasteiger partial charge in [-0.05, 0) is 18.2 Å². The minimum atomic E-state index is -1.27. The molecule has 1 aromatic heterocycles. The van der Waals surface area contributed by atoms with Crippen molar-refractivity contribution in [1.29, 1.82) is 0 Å². The fourth-order valence-electron chi connectivity index (χ4n) is 1.65. The van der Waals surface area contributed by atoms with Crippen molar-refractivity contribution in [3.05, 3.63) is 41.5 Å². The number of halogens is 1. The molecular weight excluding hydrogens is 281 g/mol. The topological polar surface area (TPSA) is 123 Å². The molecule has 110 valence electrons. The number of benzene rings is 1. The first-order valence-electron chi connectivity index (χ1n) is 5.91. The maximum Gasteiger partial charge on any atom is 0.337 e. The molecule has 2 rings (SSSR count). The Balaban J connectivity index is 2.12. The number of nitrogens with two attached hydrogens (primary N) is 1. The first-order valence-corrected chi connectivity index (χ1v) is 5.91. The summed E-state index contributed by atoms with van der Waals surface area (Å²) in [5, 5.41) is 18.7. The third-order valence-corrected chi connectivity index (χ3v) is 2.59. The second-order valence-corrected chi connectivity index (χ2v) is 4.15. The van der Waals surface area contributed by atoms with E-state index in [0.29, 0.717) is 5.69 Å². The summed E-state index contributed by atoms with van der Waals surface area (Å²) in [4.78, 5) is 22.8. The number of carbonyl (C=O) groups excluding carboxylic acids is 1. The summed E-state index contributed by atoms with van der Waals surface area (Å²) >= 11 is 0. The summed E-state index contributed by atoms with van der Waals surface area (Å²) in [7, 11) is 0. The molecule has 0 aliphatic heterocycles. The Hall–Kier alpha value is -2.81. The van der Waals surface area contributed by atoms with Gasteiger partial charge in [0.15, 0.2) is 0 Å². The van der Waals surface area contributed by atoms with Crippen LogP contribution in [-0.2, 0) is 17.9 Å². The maximum atomic E-state index is 13.2. The lowest BCUT2D eigenvalue weighted by Gasteiger charge is -2.08. The van der Waals surface area contributed by atoms with Crippen LogP contribution in [0.3, 0.4) is 0 Å². The van der Waals surface area contributed by atoms with Gasteiger partial charge in [-0.25, -0.2) is 13.9 Å². The van der Waals surface area contributed by atoms with Gasteiger partial charge < -0.3 is 16.2 Å². The molecule has 0 saturated heterocycles. The Labute approximate surface area is 118 Å². The van der Waals surface area contributed by atoms with Gasteiger partial charge in [-0.15, -0.1) is 5.10 Å². The Bertz CT molecular complexity index is 685. The summed E-state index contributed by atoms with van der Waals surface area (Å²) in [6.07, 6.45) is 1.49. The Morgan fingerprint density at radius 3 is 2.81 bits per heavy atom. The van der Waals surface area contributed by atoms with Crippen molar-refractivity contribution in [2.24, 2.45) is 5.73 Å². The van der Waals surface area contributed by atoms with Crippen LogP contribution in [0.25, 0.3) is 0 Å². The Morgan fingerprint density at radius 1 is 1.43 bits per heavy atom. The Kier molecular flexibility index (Phi) is 4.24. The third kappa shape index (κ3) is 3.60. The first kappa shape index (κ1) is 14.6. The van der Waals surface area contributed by atoms with E-state index in [-0.39, 0.29) is 24.3 Å². The standard InChI is InChI=1S/C12H12FN5O3/c13-7-1-2-9(12(20)21)10(3-7)15-11(19)6-18-5-8(4-14)16-17-18/h1-3,5H,4,6,14H2,(H,15,19)(H,20,21). The van der Waals surface area contributed by atoms with Crippen molar-refractivity contribution in [3.8, 4) is 0 Å². The molecule has 0 aliphatic rings. The van der Waals surface area contributed by atoms with Crippen molar-refractivity contribution < 1.29 is 19.1 Å². The average Bonchev–Trinajstić information content (AvgIpc) is 2.85. The number of carbonyl (C=O) groups is 2. The molecule has 0 aliphatic carbocycles. The van der Waals surface area contributed by atoms with Gasteiger partial charge in [0.2, 0.25) is 5.91 Å². The zero-order chi connectivity index (χ0) is 15.4. The fourth-order valence-corrected chi connectivity index (χ4v) is 1.65. The lowest BCUT2D eigenvalue weighted by Crippen LogP contribution is -2.20. The van der Waals surface area contributed by atoms with Gasteiger partial charge in [-0.3, -0.25) is 4.79 Å². The molecule has 0 bridgehead atoms. The van der Waals surface area contributed by atoms with Crippen LogP contribution in [0.5, 0.6) is 0 Å². The molecule has 0 unspecified atom stereocenters. The minimum absolute atomic E-state index is 0.119. The molecule has 9 heteroatoms. The fraction of sp³-hybridized carbons (Fsp3) is 0.167. The number of nitrogens with one attached hydrogen (secondary N) is 1. The molecule has 1 amide bonds. The molecule has 8 nitrogen and oxygen atoms in total. The number of carboxylic acid groups (broad SMARTS) is 1. The number of nitrogens with zero attached hydrogens (tertiary/aromatic N) is 3. The normalized spacial score (nSPS) is 10.4. The van der Waals surface area contributed by atoms with E-state index in [0.717, 1.165) is 18.2 Å². The summed E-state index contributed by atoms with van der Waals surface area (Å²) in [6, 6.07) is 3.02. The van der Waals surface area contributed by atoms with Crippen molar-refractivity contribution >= 4 is 17.6 Å². The Morgan fingerprint density at radius 2 is 2.19 bits per heavy atom. The van der Waals surface area contributed by atoms with Crippen LogP contribution in [0, 0.1) is 5.82 Å². The second kappa shape index (κ2) is 6.09. The van der Waals surface area contributed by atoms with Gasteiger partial charge in [0.1, 0.15) is 12.4 Å². The largest absolute Gasteiger partial charge is 0.478 e. The van der Waals surface area contributed by atoms with Gasteiger partial charge in [0.05, 0.1) is 23.1 Å². The van der Waals surface area contributed by atoms with E-state index in [9.17, 15) is 14.0 Å². The highest BCUT2D eigenvalue weighted by Gasteiger charge is 2.14. The van der Waals surface area contributed by atoms with E-state index in [4.69, 9.17) is 10.8 Å². The highest BCUT2D eigenvalue weighted by molar-refractivity contribution is 6.00. The molecule has 0 spiro atoms. The van der Waals surface area contributed by atoms with E-state index >= 15 is 0 Å². The predicted octanol–water partition coefficient (Wildman–Crippen LogP) is 0.213. The van der Waals surface area contributed by atoms with Crippen LogP contribution < -0.4 is 11.1 Å². The number of aromatic nitrogens is 3. The smallest absolute Gasteiger partial charge is 0.337 e. The lowest BCUT2D eigenvalue weighted by molar-refractivity contribution is -0.116. The second-order valence-electron chi connectivity index (χ2n) is 4.15. The van der Waals surface area contributed by atoms with Gasteiger partial charge in [-0.2, -0.15) is 0 Å². The number of amides is 1. The third-order valence-electron chi connectivity index (χ3n) is 2.59. The summed E-state index contributed by atoms with van der Waals surface area (Å²) in [6.45, 7) is -0.00273. The van der Waals surface area contributed by atoms with Crippen LogP contribution in [0.2, 0.25) is 0 Å². The van der Waals surface area contributed by atoms with Gasteiger partial charge in [0, 0.05) is 6.54 Å². The molecule has 0 fully saturated rings. The van der Waals surface area contributed by atoms with E-state index in [1.807, 2.05) is 0 Å². The lowest BCUT2D eigenvalue weighted by atomic mass is 10.1. The molecule has 0 atom stereocenters. The van der Waals surface area contributed by atoms with Crippen LogP contribution in [0.4, 0.5) is 10.1 Å². The predicted molar refractivity (Wildman–Crippen MR) is 69.9 cm³/mol. The van der Waals surface area contributed by atoms with Gasteiger partial charge in [0.25, 0.3) is 0 Å². The monoisotopic (exact) mass is 293 g/mol. The molecule has 0 radical (unpaired) electrons. The molecule has 2 aromatic rings. The molecule has 1 heterocycles. The summed E-state index contributed by atoms with van der Waals surface area (Å²) < 4.78 is 14.4. The first-order chi connectivity index (χ1) is 9.99. The minimum Gasteiger partial charge on any atom is -0.478 e. The van der Waals surface area contributed by atoms with Gasteiger partial charge in [-0.1, -0.05) is 5.21 Å². The highest BCUT2D eigenvalue weighted by Crippen LogP contribution is 2.17. The van der Waals surface area contributed by atoms with Gasteiger partial charge >= 0.3 is 5.97 Å². The molecular formula is C12H12FN5O3. The molecule has 0 saturated carbocycles. The zero-order valence-electron chi connectivity index (χ0n) is 10.8.